The van der Waals surface area contributed by atoms with Crippen LogP contribution < -0.4 is 20.7 Å². The molecule has 2 rings (SSSR count). The molecule has 0 fully saturated rings. The highest BCUT2D eigenvalue weighted by Gasteiger charge is 2.31. The number of benzene rings is 1. The molecule has 3 atom stereocenters. The fourth-order valence-corrected chi connectivity index (χ4v) is 2.83. The van der Waals surface area contributed by atoms with Gasteiger partial charge in [-0.25, -0.2) is 0 Å². The Bertz CT molecular complexity index is 690. The van der Waals surface area contributed by atoms with Gasteiger partial charge in [0.25, 0.3) is 5.91 Å². The molecule has 0 radical (unpaired) electrons. The molecule has 1 heterocycles. The Morgan fingerprint density at radius 1 is 1.11 bits per heavy atom. The molecule has 3 amide bonds. The van der Waals surface area contributed by atoms with Crippen LogP contribution in [0.25, 0.3) is 0 Å². The number of hydrogen-bond donors (Lipinski definition) is 4. The van der Waals surface area contributed by atoms with Crippen LogP contribution >= 0.6 is 0 Å². The fourth-order valence-electron chi connectivity index (χ4n) is 2.83. The molecular formula is C19H27N3O5. The first-order valence-corrected chi connectivity index (χ1v) is 9.08. The van der Waals surface area contributed by atoms with E-state index < -0.39 is 30.0 Å². The minimum absolute atomic E-state index is 0.164. The van der Waals surface area contributed by atoms with Crippen LogP contribution in [0.3, 0.4) is 0 Å². The normalized spacial score (nSPS) is 22.8. The van der Waals surface area contributed by atoms with Crippen molar-refractivity contribution in [1.82, 2.24) is 16.0 Å². The van der Waals surface area contributed by atoms with Gasteiger partial charge in [0, 0.05) is 0 Å². The van der Waals surface area contributed by atoms with Crippen molar-refractivity contribution in [3.63, 3.8) is 0 Å². The third-order valence-electron chi connectivity index (χ3n) is 4.18. The number of fused-ring (bicyclic) bond motifs is 1. The number of ether oxygens (including phenoxy) is 1. The molecule has 0 bridgehead atoms. The third kappa shape index (κ3) is 5.68. The number of carbonyl (C=O) groups excluding carboxylic acids is 3. The maximum Gasteiger partial charge on any atom is 0.255 e. The summed E-state index contributed by atoms with van der Waals surface area (Å²) in [6.07, 6.45) is -0.714. The Labute approximate surface area is 158 Å². The molecule has 0 saturated heterocycles. The zero-order valence-corrected chi connectivity index (χ0v) is 15.8. The smallest absolute Gasteiger partial charge is 0.255 e. The van der Waals surface area contributed by atoms with Gasteiger partial charge in [-0.1, -0.05) is 26.0 Å². The van der Waals surface area contributed by atoms with Crippen LogP contribution in [0, 0.1) is 5.92 Å². The number of hydrogen-bond acceptors (Lipinski definition) is 5. The minimum Gasteiger partial charge on any atom is -0.491 e. The maximum absolute atomic E-state index is 12.7. The number of rotatable bonds is 3. The first-order valence-electron chi connectivity index (χ1n) is 9.08. The molecule has 1 aromatic carbocycles. The van der Waals surface area contributed by atoms with Gasteiger partial charge >= 0.3 is 0 Å². The summed E-state index contributed by atoms with van der Waals surface area (Å²) in [5, 5.41) is 17.9. The number of amides is 3. The van der Waals surface area contributed by atoms with Crippen LogP contribution in [0.4, 0.5) is 0 Å². The Kier molecular flexibility index (Phi) is 7.18. The minimum atomic E-state index is -1.20. The zero-order chi connectivity index (χ0) is 20.0. The van der Waals surface area contributed by atoms with Crippen LogP contribution in [0.1, 0.15) is 37.6 Å². The standard InChI is InChI=1S/C19H27N3O5/c1-11(2)10-14-18(25)20-8-9-27-15-7-5-4-6-13(15)17(24)22-16(12(3)23)19(26)21-14/h4-7,11-12,14,16,23H,8-10H2,1-3H3,(H,20,25)(H,21,26)(H,22,24)/t12-,14-,16+/m1/s1. The van der Waals surface area contributed by atoms with Gasteiger partial charge in [-0.3, -0.25) is 14.4 Å². The van der Waals surface area contributed by atoms with Crippen molar-refractivity contribution in [3.05, 3.63) is 29.8 Å². The third-order valence-corrected chi connectivity index (χ3v) is 4.18. The van der Waals surface area contributed by atoms with Gasteiger partial charge in [0.2, 0.25) is 11.8 Å². The van der Waals surface area contributed by atoms with Crippen LogP contribution in [0.5, 0.6) is 5.75 Å². The summed E-state index contributed by atoms with van der Waals surface area (Å²) in [5.74, 6) is -0.977. The molecule has 0 aromatic heterocycles. The van der Waals surface area contributed by atoms with Crippen molar-refractivity contribution in [3.8, 4) is 5.75 Å². The van der Waals surface area contributed by atoms with Gasteiger partial charge in [0.05, 0.1) is 18.2 Å². The SMILES string of the molecule is CC(C)C[C@H]1NC(=O)[C@H]([C@@H](C)O)NC(=O)c2ccccc2OCCNC1=O. The molecule has 0 unspecified atom stereocenters. The van der Waals surface area contributed by atoms with E-state index in [1.54, 1.807) is 24.3 Å². The second kappa shape index (κ2) is 9.36. The second-order valence-electron chi connectivity index (χ2n) is 7.02. The highest BCUT2D eigenvalue weighted by atomic mass is 16.5. The average molecular weight is 377 g/mol. The van der Waals surface area contributed by atoms with Gasteiger partial charge in [-0.2, -0.15) is 0 Å². The molecule has 1 aliphatic heterocycles. The predicted molar refractivity (Wildman–Crippen MR) is 99.3 cm³/mol. The molecule has 4 N–H and O–H groups in total. The van der Waals surface area contributed by atoms with Crippen LogP contribution in [0.2, 0.25) is 0 Å². The van der Waals surface area contributed by atoms with E-state index in [0.29, 0.717) is 12.2 Å². The molecule has 0 saturated carbocycles. The lowest BCUT2D eigenvalue weighted by molar-refractivity contribution is -0.131. The monoisotopic (exact) mass is 377 g/mol. The van der Waals surface area contributed by atoms with E-state index in [1.165, 1.54) is 6.92 Å². The number of aliphatic hydroxyl groups excluding tert-OH is 1. The lowest BCUT2D eigenvalue weighted by atomic mass is 10.0. The van der Waals surface area contributed by atoms with Gasteiger partial charge in [-0.05, 0) is 31.4 Å². The van der Waals surface area contributed by atoms with E-state index in [4.69, 9.17) is 4.74 Å². The van der Waals surface area contributed by atoms with Gasteiger partial charge in [0.1, 0.15) is 24.4 Å². The number of carbonyl (C=O) groups is 3. The van der Waals surface area contributed by atoms with Gasteiger partial charge in [-0.15, -0.1) is 0 Å². The molecule has 0 spiro atoms. The summed E-state index contributed by atoms with van der Waals surface area (Å²) in [6.45, 7) is 5.70. The van der Waals surface area contributed by atoms with Crippen LogP contribution in [-0.2, 0) is 9.59 Å². The molecule has 1 aromatic rings. The molecule has 0 aliphatic carbocycles. The van der Waals surface area contributed by atoms with Crippen LogP contribution in [-0.4, -0.2) is 54.2 Å². The van der Waals surface area contributed by atoms with E-state index in [9.17, 15) is 19.5 Å². The number of nitrogens with one attached hydrogen (secondary N) is 3. The first kappa shape index (κ1) is 20.7. The summed E-state index contributed by atoms with van der Waals surface area (Å²) in [6, 6.07) is 4.64. The van der Waals surface area contributed by atoms with Gasteiger partial charge in [0.15, 0.2) is 0 Å². The molecule has 8 nitrogen and oxygen atoms in total. The molecular weight excluding hydrogens is 350 g/mol. The lowest BCUT2D eigenvalue weighted by Crippen LogP contribution is -2.57. The van der Waals surface area contributed by atoms with Crippen molar-refractivity contribution >= 4 is 17.7 Å². The van der Waals surface area contributed by atoms with Crippen molar-refractivity contribution in [2.45, 2.75) is 45.4 Å². The highest BCUT2D eigenvalue weighted by molar-refractivity contribution is 6.00. The van der Waals surface area contributed by atoms with E-state index >= 15 is 0 Å². The predicted octanol–water partition coefficient (Wildman–Crippen LogP) is 0.205. The summed E-state index contributed by atoms with van der Waals surface area (Å²) in [5.41, 5.74) is 0.250. The molecule has 148 valence electrons. The largest absolute Gasteiger partial charge is 0.491 e. The van der Waals surface area contributed by atoms with E-state index in [0.717, 1.165) is 0 Å². The van der Waals surface area contributed by atoms with Gasteiger partial charge < -0.3 is 25.8 Å². The number of para-hydroxylation sites is 1. The topological polar surface area (TPSA) is 117 Å². The second-order valence-corrected chi connectivity index (χ2v) is 7.02. The quantitative estimate of drug-likeness (QED) is 0.601. The lowest BCUT2D eigenvalue weighted by Gasteiger charge is -2.25. The Balaban J connectivity index is 2.33. The summed E-state index contributed by atoms with van der Waals surface area (Å²) in [7, 11) is 0. The highest BCUT2D eigenvalue weighted by Crippen LogP contribution is 2.18. The first-order chi connectivity index (χ1) is 12.8. The van der Waals surface area contributed by atoms with Crippen molar-refractivity contribution in [2.75, 3.05) is 13.2 Å². The molecule has 27 heavy (non-hydrogen) atoms. The summed E-state index contributed by atoms with van der Waals surface area (Å²) < 4.78 is 5.62. The zero-order valence-electron chi connectivity index (χ0n) is 15.8. The Morgan fingerprint density at radius 3 is 2.48 bits per heavy atom. The molecule has 8 heteroatoms. The van der Waals surface area contributed by atoms with Crippen molar-refractivity contribution < 1.29 is 24.2 Å². The molecule has 1 aliphatic rings. The maximum atomic E-state index is 12.7. The summed E-state index contributed by atoms with van der Waals surface area (Å²) in [4.78, 5) is 37.7. The van der Waals surface area contributed by atoms with Crippen molar-refractivity contribution in [2.24, 2.45) is 5.92 Å². The average Bonchev–Trinajstić information content (AvgIpc) is 2.61. The van der Waals surface area contributed by atoms with Crippen LogP contribution in [0.15, 0.2) is 24.3 Å². The summed E-state index contributed by atoms with van der Waals surface area (Å²) >= 11 is 0. The van der Waals surface area contributed by atoms with E-state index in [-0.39, 0.29) is 30.5 Å². The Morgan fingerprint density at radius 2 is 1.81 bits per heavy atom. The van der Waals surface area contributed by atoms with E-state index in [1.807, 2.05) is 13.8 Å². The Hall–Kier alpha value is -2.61. The van der Waals surface area contributed by atoms with Crippen molar-refractivity contribution in [1.29, 1.82) is 0 Å². The number of aliphatic hydroxyl groups is 1. The van der Waals surface area contributed by atoms with E-state index in [2.05, 4.69) is 16.0 Å². The fraction of sp³-hybridized carbons (Fsp3) is 0.526.